The molecule has 0 unspecified atom stereocenters. The lowest BCUT2D eigenvalue weighted by Gasteiger charge is -2.30. The van der Waals surface area contributed by atoms with Crippen LogP contribution in [-0.4, -0.2) is 56.4 Å². The zero-order chi connectivity index (χ0) is 19.3. The second-order valence-corrected chi connectivity index (χ2v) is 8.34. The van der Waals surface area contributed by atoms with Crippen LogP contribution in [-0.2, 0) is 21.5 Å². The van der Waals surface area contributed by atoms with Crippen molar-refractivity contribution in [2.24, 2.45) is 5.92 Å². The lowest BCUT2D eigenvalue weighted by Crippen LogP contribution is -2.45. The van der Waals surface area contributed by atoms with E-state index in [1.54, 1.807) is 31.3 Å². The van der Waals surface area contributed by atoms with Crippen molar-refractivity contribution in [2.75, 3.05) is 33.9 Å². The van der Waals surface area contributed by atoms with Gasteiger partial charge in [-0.05, 0) is 30.9 Å². The third-order valence-corrected chi connectivity index (χ3v) is 6.30. The summed E-state index contributed by atoms with van der Waals surface area (Å²) in [6, 6.07) is 7.53. The molecule has 0 bridgehead atoms. The SMILES string of the molecule is COCC1CCN(S(=O)(=O)NCc2cnn(-c3ccccc3OC)c2)CC1. The lowest BCUT2D eigenvalue weighted by molar-refractivity contribution is 0.121. The Morgan fingerprint density at radius 1 is 1.22 bits per heavy atom. The van der Waals surface area contributed by atoms with Gasteiger partial charge >= 0.3 is 0 Å². The van der Waals surface area contributed by atoms with Crippen LogP contribution >= 0.6 is 0 Å². The molecule has 0 aliphatic carbocycles. The molecule has 2 heterocycles. The van der Waals surface area contributed by atoms with Crippen LogP contribution in [0.2, 0.25) is 0 Å². The Bertz CT molecular complexity index is 845. The summed E-state index contributed by atoms with van der Waals surface area (Å²) in [4.78, 5) is 0. The van der Waals surface area contributed by atoms with Gasteiger partial charge in [0, 0.05) is 45.1 Å². The van der Waals surface area contributed by atoms with E-state index in [2.05, 4.69) is 9.82 Å². The van der Waals surface area contributed by atoms with Crippen LogP contribution in [0.4, 0.5) is 0 Å². The average molecular weight is 394 g/mol. The van der Waals surface area contributed by atoms with Crippen molar-refractivity contribution >= 4 is 10.2 Å². The Morgan fingerprint density at radius 3 is 2.67 bits per heavy atom. The van der Waals surface area contributed by atoms with Gasteiger partial charge in [0.25, 0.3) is 10.2 Å². The van der Waals surface area contributed by atoms with Crippen molar-refractivity contribution in [2.45, 2.75) is 19.4 Å². The molecule has 1 aromatic heterocycles. The number of hydrogen-bond acceptors (Lipinski definition) is 5. The van der Waals surface area contributed by atoms with Crippen LogP contribution in [0.1, 0.15) is 18.4 Å². The van der Waals surface area contributed by atoms with Gasteiger partial charge in [-0.1, -0.05) is 12.1 Å². The number of methoxy groups -OCH3 is 2. The molecule has 27 heavy (non-hydrogen) atoms. The van der Waals surface area contributed by atoms with Crippen molar-refractivity contribution in [1.29, 1.82) is 0 Å². The highest BCUT2D eigenvalue weighted by Crippen LogP contribution is 2.22. The molecule has 148 valence electrons. The van der Waals surface area contributed by atoms with E-state index in [4.69, 9.17) is 9.47 Å². The molecule has 9 heteroatoms. The predicted octanol–water partition coefficient (Wildman–Crippen LogP) is 1.57. The molecule has 1 aliphatic rings. The van der Waals surface area contributed by atoms with E-state index in [-0.39, 0.29) is 6.54 Å². The number of benzene rings is 1. The molecule has 1 aromatic carbocycles. The molecule has 0 amide bonds. The fraction of sp³-hybridized carbons (Fsp3) is 0.500. The second-order valence-electron chi connectivity index (χ2n) is 6.59. The molecule has 3 rings (SSSR count). The van der Waals surface area contributed by atoms with Crippen molar-refractivity contribution in [1.82, 2.24) is 18.8 Å². The number of aromatic nitrogens is 2. The predicted molar refractivity (Wildman–Crippen MR) is 102 cm³/mol. The first-order valence-electron chi connectivity index (χ1n) is 8.94. The minimum atomic E-state index is -3.51. The number of para-hydroxylation sites is 2. The Kier molecular flexibility index (Phi) is 6.48. The molecule has 1 N–H and O–H groups in total. The highest BCUT2D eigenvalue weighted by atomic mass is 32.2. The first-order chi connectivity index (χ1) is 13.0. The minimum Gasteiger partial charge on any atom is -0.494 e. The van der Waals surface area contributed by atoms with E-state index in [9.17, 15) is 8.42 Å². The Morgan fingerprint density at radius 2 is 1.96 bits per heavy atom. The summed E-state index contributed by atoms with van der Waals surface area (Å²) >= 11 is 0. The monoisotopic (exact) mass is 394 g/mol. The zero-order valence-corrected chi connectivity index (χ0v) is 16.5. The normalized spacial score (nSPS) is 16.5. The number of hydrogen-bond donors (Lipinski definition) is 1. The molecule has 1 saturated heterocycles. The molecule has 1 aliphatic heterocycles. The number of nitrogens with zero attached hydrogens (tertiary/aromatic N) is 3. The van der Waals surface area contributed by atoms with Crippen LogP contribution in [0.3, 0.4) is 0 Å². The smallest absolute Gasteiger partial charge is 0.279 e. The fourth-order valence-corrected chi connectivity index (χ4v) is 4.44. The molecular formula is C18H26N4O4S. The molecule has 0 saturated carbocycles. The van der Waals surface area contributed by atoms with Crippen LogP contribution in [0, 0.1) is 5.92 Å². The number of nitrogens with one attached hydrogen (secondary N) is 1. The summed E-state index contributed by atoms with van der Waals surface area (Å²) in [5.74, 6) is 1.13. The Hall–Kier alpha value is -1.94. The maximum absolute atomic E-state index is 12.5. The van der Waals surface area contributed by atoms with Gasteiger partial charge in [0.1, 0.15) is 11.4 Å². The van der Waals surface area contributed by atoms with Gasteiger partial charge < -0.3 is 9.47 Å². The molecule has 0 radical (unpaired) electrons. The first kappa shape index (κ1) is 19.8. The van der Waals surface area contributed by atoms with Gasteiger partial charge in [-0.3, -0.25) is 0 Å². The molecule has 2 aromatic rings. The van der Waals surface area contributed by atoms with Crippen molar-refractivity contribution < 1.29 is 17.9 Å². The quantitative estimate of drug-likeness (QED) is 0.735. The van der Waals surface area contributed by atoms with E-state index in [1.165, 1.54) is 4.31 Å². The summed E-state index contributed by atoms with van der Waals surface area (Å²) in [6.07, 6.45) is 5.09. The third-order valence-electron chi connectivity index (χ3n) is 4.74. The average Bonchev–Trinajstić information content (AvgIpc) is 3.16. The van der Waals surface area contributed by atoms with Crippen molar-refractivity contribution in [3.8, 4) is 11.4 Å². The largest absolute Gasteiger partial charge is 0.494 e. The summed E-state index contributed by atoms with van der Waals surface area (Å²) in [5, 5.41) is 4.31. The van der Waals surface area contributed by atoms with E-state index in [0.29, 0.717) is 31.4 Å². The van der Waals surface area contributed by atoms with Gasteiger partial charge in [0.05, 0.1) is 13.3 Å². The minimum absolute atomic E-state index is 0.190. The van der Waals surface area contributed by atoms with Gasteiger partial charge in [0.2, 0.25) is 0 Å². The van der Waals surface area contributed by atoms with Gasteiger partial charge in [-0.15, -0.1) is 0 Å². The van der Waals surface area contributed by atoms with E-state index >= 15 is 0 Å². The van der Waals surface area contributed by atoms with Crippen LogP contribution in [0.25, 0.3) is 5.69 Å². The maximum atomic E-state index is 12.5. The molecule has 0 atom stereocenters. The molecule has 0 spiro atoms. The summed E-state index contributed by atoms with van der Waals surface area (Å²) in [7, 11) is -0.227. The molecule has 8 nitrogen and oxygen atoms in total. The first-order valence-corrected chi connectivity index (χ1v) is 10.4. The number of piperidine rings is 1. The second kappa shape index (κ2) is 8.83. The maximum Gasteiger partial charge on any atom is 0.279 e. The lowest BCUT2D eigenvalue weighted by atomic mass is 9.99. The van der Waals surface area contributed by atoms with Crippen LogP contribution in [0.5, 0.6) is 5.75 Å². The standard InChI is InChI=1S/C18H26N4O4S/c1-25-14-15-7-9-21(10-8-15)27(23,24)20-12-16-11-19-22(13-16)17-5-3-4-6-18(17)26-2/h3-6,11,13,15,20H,7-10,12,14H2,1-2H3. The number of rotatable bonds is 8. The fourth-order valence-electron chi connectivity index (χ4n) is 3.22. The zero-order valence-electron chi connectivity index (χ0n) is 15.7. The highest BCUT2D eigenvalue weighted by molar-refractivity contribution is 7.87. The van der Waals surface area contributed by atoms with E-state index < -0.39 is 10.2 Å². The highest BCUT2D eigenvalue weighted by Gasteiger charge is 2.27. The van der Waals surface area contributed by atoms with Crippen LogP contribution < -0.4 is 9.46 Å². The van der Waals surface area contributed by atoms with Crippen molar-refractivity contribution in [3.05, 3.63) is 42.2 Å². The number of ether oxygens (including phenoxy) is 2. The summed E-state index contributed by atoms with van der Waals surface area (Å²) < 4.78 is 41.4. The van der Waals surface area contributed by atoms with Crippen LogP contribution in [0.15, 0.2) is 36.7 Å². The third kappa shape index (κ3) is 4.86. The molecule has 1 fully saturated rings. The molecular weight excluding hydrogens is 368 g/mol. The topological polar surface area (TPSA) is 85.7 Å². The summed E-state index contributed by atoms with van der Waals surface area (Å²) in [5.41, 5.74) is 1.58. The van der Waals surface area contributed by atoms with Gasteiger partial charge in [-0.2, -0.15) is 22.5 Å². The van der Waals surface area contributed by atoms with Gasteiger partial charge in [0.15, 0.2) is 0 Å². The Labute approximate surface area is 160 Å². The summed E-state index contributed by atoms with van der Waals surface area (Å²) in [6.45, 7) is 1.91. The van der Waals surface area contributed by atoms with E-state index in [0.717, 1.165) is 24.1 Å². The Balaban J connectivity index is 1.60. The van der Waals surface area contributed by atoms with Gasteiger partial charge in [-0.25, -0.2) is 4.68 Å². The van der Waals surface area contributed by atoms with E-state index in [1.807, 2.05) is 24.3 Å². The van der Waals surface area contributed by atoms with Crippen molar-refractivity contribution in [3.63, 3.8) is 0 Å².